The second-order valence-electron chi connectivity index (χ2n) is 8.28. The van der Waals surface area contributed by atoms with E-state index in [2.05, 4.69) is 33.9 Å². The van der Waals surface area contributed by atoms with Crippen molar-refractivity contribution in [1.29, 1.82) is 0 Å². The lowest BCUT2D eigenvalue weighted by molar-refractivity contribution is -0.153. The number of carbonyl (C=O) groups is 1. The molecular weight excluding hydrogens is 340 g/mol. The molecule has 0 aliphatic carbocycles. The third-order valence-corrected chi connectivity index (χ3v) is 9.14. The van der Waals surface area contributed by atoms with Gasteiger partial charge in [-0.25, -0.2) is 4.79 Å². The van der Waals surface area contributed by atoms with E-state index in [4.69, 9.17) is 18.6 Å². The number of rotatable bonds is 7. The van der Waals surface area contributed by atoms with Crippen molar-refractivity contribution in [2.75, 3.05) is 13.2 Å². The third kappa shape index (κ3) is 6.18. The molecule has 146 valence electrons. The Kier molecular flexibility index (Phi) is 7.41. The topological polar surface area (TPSA) is 74.2 Å². The average Bonchev–Trinajstić information content (AvgIpc) is 2.77. The van der Waals surface area contributed by atoms with Gasteiger partial charge in [0.05, 0.1) is 19.3 Å². The number of hydrogen-bond donors (Lipinski definition) is 1. The van der Waals surface area contributed by atoms with E-state index in [1.807, 2.05) is 0 Å². The number of carbonyl (C=O) groups excluding carboxylic acids is 1. The SMILES string of the molecule is CCOC(=O)/C=C/[C@H](O[Si](C)(C)C(C)(C)C)[C@H]1OC(C)(C)O[C@H]1CO. The van der Waals surface area contributed by atoms with E-state index < -0.39 is 38.4 Å². The van der Waals surface area contributed by atoms with Crippen LogP contribution in [0.25, 0.3) is 0 Å². The molecule has 6 nitrogen and oxygen atoms in total. The first-order valence-electron chi connectivity index (χ1n) is 8.82. The predicted molar refractivity (Wildman–Crippen MR) is 98.8 cm³/mol. The lowest BCUT2D eigenvalue weighted by Gasteiger charge is -2.40. The van der Waals surface area contributed by atoms with Gasteiger partial charge in [0.25, 0.3) is 0 Å². The minimum absolute atomic E-state index is 0.00723. The van der Waals surface area contributed by atoms with Gasteiger partial charge in [-0.3, -0.25) is 0 Å². The summed E-state index contributed by atoms with van der Waals surface area (Å²) in [5.41, 5.74) is 0. The van der Waals surface area contributed by atoms with E-state index in [0.29, 0.717) is 6.61 Å². The van der Waals surface area contributed by atoms with Crippen LogP contribution in [-0.4, -0.2) is 56.7 Å². The van der Waals surface area contributed by atoms with Crippen LogP contribution in [0.1, 0.15) is 41.5 Å². The zero-order chi connectivity index (χ0) is 19.5. The van der Waals surface area contributed by atoms with Crippen molar-refractivity contribution in [3.8, 4) is 0 Å². The molecule has 0 amide bonds. The van der Waals surface area contributed by atoms with E-state index in [1.165, 1.54) is 6.08 Å². The Labute approximate surface area is 152 Å². The minimum Gasteiger partial charge on any atom is -0.463 e. The van der Waals surface area contributed by atoms with Gasteiger partial charge in [-0.1, -0.05) is 20.8 Å². The van der Waals surface area contributed by atoms with Crippen LogP contribution >= 0.6 is 0 Å². The molecule has 1 saturated heterocycles. The summed E-state index contributed by atoms with van der Waals surface area (Å²) in [6.07, 6.45) is 1.50. The molecule has 1 aliphatic rings. The van der Waals surface area contributed by atoms with Crippen molar-refractivity contribution in [3.05, 3.63) is 12.2 Å². The summed E-state index contributed by atoms with van der Waals surface area (Å²) in [5, 5.41) is 9.67. The fourth-order valence-electron chi connectivity index (χ4n) is 2.38. The van der Waals surface area contributed by atoms with Crippen molar-refractivity contribution in [3.63, 3.8) is 0 Å². The molecular formula is C18H34O6Si. The largest absolute Gasteiger partial charge is 0.463 e. The van der Waals surface area contributed by atoms with Gasteiger partial charge in [0, 0.05) is 6.08 Å². The molecule has 0 aromatic heterocycles. The summed E-state index contributed by atoms with van der Waals surface area (Å²) in [5.74, 6) is -1.24. The number of hydrogen-bond acceptors (Lipinski definition) is 6. The lowest BCUT2D eigenvalue weighted by atomic mass is 10.1. The molecule has 7 heteroatoms. The monoisotopic (exact) mass is 374 g/mol. The smallest absolute Gasteiger partial charge is 0.330 e. The highest BCUT2D eigenvalue weighted by Gasteiger charge is 2.48. The first kappa shape index (κ1) is 22.3. The first-order chi connectivity index (χ1) is 11.3. The highest BCUT2D eigenvalue weighted by atomic mass is 28.4. The van der Waals surface area contributed by atoms with Crippen molar-refractivity contribution >= 4 is 14.3 Å². The Hall–Kier alpha value is -0.733. The molecule has 1 aliphatic heterocycles. The van der Waals surface area contributed by atoms with Gasteiger partial charge in [0.15, 0.2) is 14.1 Å². The summed E-state index contributed by atoms with van der Waals surface area (Å²) in [6.45, 7) is 16.2. The summed E-state index contributed by atoms with van der Waals surface area (Å²) in [6, 6.07) is 0. The summed E-state index contributed by atoms with van der Waals surface area (Å²) in [7, 11) is -2.14. The van der Waals surface area contributed by atoms with Crippen molar-refractivity contribution in [2.45, 2.75) is 83.8 Å². The maximum atomic E-state index is 11.7. The van der Waals surface area contributed by atoms with E-state index in [1.54, 1.807) is 26.8 Å². The molecule has 1 rings (SSSR count). The van der Waals surface area contributed by atoms with Crippen LogP contribution in [0.4, 0.5) is 0 Å². The normalized spacial score (nSPS) is 25.3. The second-order valence-corrected chi connectivity index (χ2v) is 13.0. The van der Waals surface area contributed by atoms with E-state index in [-0.39, 0.29) is 11.6 Å². The standard InChI is InChI=1S/C18H34O6Si/c1-9-21-15(20)11-10-13(24-25(7,8)17(2,3)4)16-14(12-19)22-18(5,6)23-16/h10-11,13-14,16,19H,9,12H2,1-8H3/b11-10+/t13-,14-,16+/m0/s1. The van der Waals surface area contributed by atoms with Crippen LogP contribution in [-0.2, 0) is 23.4 Å². The fraction of sp³-hybridized carbons (Fsp3) is 0.833. The Balaban J connectivity index is 3.09. The molecule has 0 spiro atoms. The number of ether oxygens (including phenoxy) is 3. The maximum Gasteiger partial charge on any atom is 0.330 e. The summed E-state index contributed by atoms with van der Waals surface area (Å²) in [4.78, 5) is 11.7. The number of esters is 1. The number of aliphatic hydroxyl groups is 1. The minimum atomic E-state index is -2.14. The molecule has 3 atom stereocenters. The van der Waals surface area contributed by atoms with Crippen LogP contribution < -0.4 is 0 Å². The highest BCUT2D eigenvalue weighted by Crippen LogP contribution is 2.40. The van der Waals surface area contributed by atoms with Gasteiger partial charge in [-0.15, -0.1) is 0 Å². The number of aliphatic hydroxyl groups excluding tert-OH is 1. The van der Waals surface area contributed by atoms with E-state index >= 15 is 0 Å². The van der Waals surface area contributed by atoms with Crippen molar-refractivity contribution < 1.29 is 28.5 Å². The van der Waals surface area contributed by atoms with Crippen LogP contribution in [0.15, 0.2) is 12.2 Å². The van der Waals surface area contributed by atoms with Gasteiger partial charge in [0.1, 0.15) is 12.2 Å². The zero-order valence-corrected chi connectivity index (χ0v) is 17.8. The van der Waals surface area contributed by atoms with Crippen molar-refractivity contribution in [2.24, 2.45) is 0 Å². The molecule has 0 bridgehead atoms. The van der Waals surface area contributed by atoms with Crippen LogP contribution in [0.3, 0.4) is 0 Å². The molecule has 0 aromatic rings. The first-order valence-corrected chi connectivity index (χ1v) is 11.7. The van der Waals surface area contributed by atoms with Crippen LogP contribution in [0.5, 0.6) is 0 Å². The molecule has 0 radical (unpaired) electrons. The summed E-state index contributed by atoms with van der Waals surface area (Å²) < 4.78 is 23.2. The third-order valence-electron chi connectivity index (χ3n) is 4.67. The fourth-order valence-corrected chi connectivity index (χ4v) is 3.63. The van der Waals surface area contributed by atoms with Gasteiger partial charge in [-0.05, 0) is 45.0 Å². The Bertz CT molecular complexity index is 480. The van der Waals surface area contributed by atoms with Gasteiger partial charge < -0.3 is 23.7 Å². The Morgan fingerprint density at radius 1 is 1.32 bits per heavy atom. The molecule has 0 aromatic carbocycles. The van der Waals surface area contributed by atoms with Crippen molar-refractivity contribution in [1.82, 2.24) is 0 Å². The van der Waals surface area contributed by atoms with Crippen LogP contribution in [0, 0.1) is 0 Å². The molecule has 0 saturated carbocycles. The van der Waals surface area contributed by atoms with E-state index in [9.17, 15) is 9.90 Å². The molecule has 1 fully saturated rings. The second kappa shape index (κ2) is 8.31. The van der Waals surface area contributed by atoms with E-state index in [0.717, 1.165) is 0 Å². The lowest BCUT2D eigenvalue weighted by Crippen LogP contribution is -2.49. The highest BCUT2D eigenvalue weighted by molar-refractivity contribution is 6.74. The molecule has 25 heavy (non-hydrogen) atoms. The Morgan fingerprint density at radius 3 is 2.40 bits per heavy atom. The Morgan fingerprint density at radius 2 is 1.92 bits per heavy atom. The molecule has 1 N–H and O–H groups in total. The van der Waals surface area contributed by atoms with Gasteiger partial charge in [-0.2, -0.15) is 0 Å². The quantitative estimate of drug-likeness (QED) is 0.419. The van der Waals surface area contributed by atoms with Gasteiger partial charge in [0.2, 0.25) is 0 Å². The average molecular weight is 375 g/mol. The molecule has 0 unspecified atom stereocenters. The van der Waals surface area contributed by atoms with Gasteiger partial charge >= 0.3 is 5.97 Å². The molecule has 1 heterocycles. The predicted octanol–water partition coefficient (Wildman–Crippen LogP) is 3.01. The zero-order valence-electron chi connectivity index (χ0n) is 16.8. The summed E-state index contributed by atoms with van der Waals surface area (Å²) >= 11 is 0. The maximum absolute atomic E-state index is 11.7. The van der Waals surface area contributed by atoms with Crippen LogP contribution in [0.2, 0.25) is 18.1 Å².